The third kappa shape index (κ3) is 5.23. The van der Waals surface area contributed by atoms with E-state index in [0.717, 1.165) is 12.1 Å². The molecule has 5 nitrogen and oxygen atoms in total. The molecule has 1 N–H and O–H groups in total. The lowest BCUT2D eigenvalue weighted by Crippen LogP contribution is -2.28. The molecule has 1 saturated heterocycles. The predicted octanol–water partition coefficient (Wildman–Crippen LogP) is 2.99. The van der Waals surface area contributed by atoms with Crippen LogP contribution in [0.4, 0.5) is 0 Å². The van der Waals surface area contributed by atoms with Gasteiger partial charge in [-0.25, -0.2) is 0 Å². The van der Waals surface area contributed by atoms with Gasteiger partial charge in [0.2, 0.25) is 0 Å². The number of nitrogens with zero attached hydrogens (tertiary/aromatic N) is 1. The maximum absolute atomic E-state index is 12.1. The Morgan fingerprint density at radius 2 is 1.77 bits per heavy atom. The first-order valence-corrected chi connectivity index (χ1v) is 9.07. The third-order valence-corrected chi connectivity index (χ3v) is 4.51. The van der Waals surface area contributed by atoms with Gasteiger partial charge >= 0.3 is 0 Å². The number of hydrogen-bond donors (Lipinski definition) is 1. The van der Waals surface area contributed by atoms with Crippen LogP contribution in [0.3, 0.4) is 0 Å². The second-order valence-corrected chi connectivity index (χ2v) is 6.52. The van der Waals surface area contributed by atoms with Gasteiger partial charge in [-0.1, -0.05) is 36.4 Å². The van der Waals surface area contributed by atoms with Gasteiger partial charge in [0.1, 0.15) is 0 Å². The van der Waals surface area contributed by atoms with E-state index in [2.05, 4.69) is 28.4 Å². The van der Waals surface area contributed by atoms with Gasteiger partial charge in [-0.3, -0.25) is 9.69 Å². The van der Waals surface area contributed by atoms with Crippen molar-refractivity contribution in [2.24, 2.45) is 0 Å². The first-order valence-electron chi connectivity index (χ1n) is 9.07. The predicted molar refractivity (Wildman–Crippen MR) is 101 cm³/mol. The number of ether oxygens (including phenoxy) is 2. The molecule has 0 bridgehead atoms. The summed E-state index contributed by atoms with van der Waals surface area (Å²) in [7, 11) is 1.58. The summed E-state index contributed by atoms with van der Waals surface area (Å²) < 4.78 is 10.8. The fourth-order valence-electron chi connectivity index (χ4n) is 3.17. The number of likely N-dealkylation sites (tertiary alicyclic amines) is 1. The number of benzene rings is 2. The lowest BCUT2D eigenvalue weighted by molar-refractivity contribution is -0.123. The van der Waals surface area contributed by atoms with Crippen LogP contribution in [0.25, 0.3) is 0 Å². The summed E-state index contributed by atoms with van der Waals surface area (Å²) in [6.45, 7) is 3.82. The zero-order valence-corrected chi connectivity index (χ0v) is 15.2. The molecule has 1 heterocycles. The van der Waals surface area contributed by atoms with E-state index in [1.807, 2.05) is 18.2 Å². The Labute approximate surface area is 154 Å². The van der Waals surface area contributed by atoms with Crippen molar-refractivity contribution in [1.29, 1.82) is 0 Å². The number of nitrogens with one attached hydrogen (secondary N) is 1. The van der Waals surface area contributed by atoms with Gasteiger partial charge in [0.25, 0.3) is 5.91 Å². The average Bonchev–Trinajstić information content (AvgIpc) is 3.18. The Balaban J connectivity index is 1.46. The van der Waals surface area contributed by atoms with Crippen molar-refractivity contribution in [3.63, 3.8) is 0 Å². The molecule has 138 valence electrons. The maximum atomic E-state index is 12.1. The monoisotopic (exact) mass is 354 g/mol. The first kappa shape index (κ1) is 18.3. The summed E-state index contributed by atoms with van der Waals surface area (Å²) in [5.74, 6) is 1.04. The topological polar surface area (TPSA) is 50.8 Å². The number of para-hydroxylation sites is 2. The van der Waals surface area contributed by atoms with Gasteiger partial charge in [-0.05, 0) is 49.2 Å². The Kier molecular flexibility index (Phi) is 6.50. The molecule has 0 aliphatic carbocycles. The average molecular weight is 354 g/mol. The maximum Gasteiger partial charge on any atom is 0.258 e. The molecular weight excluding hydrogens is 328 g/mol. The van der Waals surface area contributed by atoms with E-state index in [4.69, 9.17) is 9.47 Å². The lowest BCUT2D eigenvalue weighted by atomic mass is 10.1. The standard InChI is InChI=1S/C21H26N2O3/c1-25-19-9-2-3-10-20(19)26-16-21(24)22-14-17-7-6-8-18(13-17)15-23-11-4-5-12-23/h2-3,6-10,13H,4-5,11-12,14-16H2,1H3,(H,22,24). The van der Waals surface area contributed by atoms with Crippen molar-refractivity contribution in [1.82, 2.24) is 10.2 Å². The first-order chi connectivity index (χ1) is 12.7. The lowest BCUT2D eigenvalue weighted by Gasteiger charge is -2.15. The highest BCUT2D eigenvalue weighted by Crippen LogP contribution is 2.25. The minimum Gasteiger partial charge on any atom is -0.493 e. The highest BCUT2D eigenvalue weighted by molar-refractivity contribution is 5.77. The molecule has 5 heteroatoms. The van der Waals surface area contributed by atoms with Crippen LogP contribution in [-0.4, -0.2) is 37.6 Å². The van der Waals surface area contributed by atoms with Crippen molar-refractivity contribution in [3.8, 4) is 11.5 Å². The second kappa shape index (κ2) is 9.25. The van der Waals surface area contributed by atoms with Gasteiger partial charge in [0.05, 0.1) is 7.11 Å². The summed E-state index contributed by atoms with van der Waals surface area (Å²) in [6.07, 6.45) is 2.59. The summed E-state index contributed by atoms with van der Waals surface area (Å²) in [5.41, 5.74) is 2.40. The SMILES string of the molecule is COc1ccccc1OCC(=O)NCc1cccc(CN2CCCC2)c1. The summed E-state index contributed by atoms with van der Waals surface area (Å²) in [6, 6.07) is 15.7. The minimum absolute atomic E-state index is 0.0339. The van der Waals surface area contributed by atoms with E-state index in [1.165, 1.54) is 31.5 Å². The van der Waals surface area contributed by atoms with Crippen LogP contribution in [-0.2, 0) is 17.9 Å². The fourth-order valence-corrected chi connectivity index (χ4v) is 3.17. The molecule has 1 aliphatic rings. The van der Waals surface area contributed by atoms with Crippen molar-refractivity contribution in [2.45, 2.75) is 25.9 Å². The van der Waals surface area contributed by atoms with Crippen LogP contribution in [0.1, 0.15) is 24.0 Å². The zero-order valence-electron chi connectivity index (χ0n) is 15.2. The number of rotatable bonds is 8. The van der Waals surface area contributed by atoms with Crippen LogP contribution in [0.15, 0.2) is 48.5 Å². The summed E-state index contributed by atoms with van der Waals surface area (Å²) >= 11 is 0. The molecule has 0 aromatic heterocycles. The molecule has 3 rings (SSSR count). The van der Waals surface area contributed by atoms with E-state index in [1.54, 1.807) is 19.2 Å². The Morgan fingerprint density at radius 3 is 2.54 bits per heavy atom. The molecule has 2 aromatic rings. The molecule has 1 fully saturated rings. The molecule has 0 spiro atoms. The largest absolute Gasteiger partial charge is 0.493 e. The smallest absolute Gasteiger partial charge is 0.258 e. The van der Waals surface area contributed by atoms with Gasteiger partial charge in [0, 0.05) is 13.1 Å². The van der Waals surface area contributed by atoms with E-state index < -0.39 is 0 Å². The van der Waals surface area contributed by atoms with Crippen molar-refractivity contribution >= 4 is 5.91 Å². The molecule has 0 atom stereocenters. The molecule has 0 saturated carbocycles. The number of carbonyl (C=O) groups is 1. The minimum atomic E-state index is -0.152. The van der Waals surface area contributed by atoms with E-state index in [9.17, 15) is 4.79 Å². The van der Waals surface area contributed by atoms with E-state index >= 15 is 0 Å². The Bertz CT molecular complexity index is 727. The fraction of sp³-hybridized carbons (Fsp3) is 0.381. The molecule has 1 aliphatic heterocycles. The van der Waals surface area contributed by atoms with Gasteiger partial charge in [-0.15, -0.1) is 0 Å². The third-order valence-electron chi connectivity index (χ3n) is 4.51. The second-order valence-electron chi connectivity index (χ2n) is 6.52. The van der Waals surface area contributed by atoms with Crippen LogP contribution >= 0.6 is 0 Å². The number of amides is 1. The molecule has 0 radical (unpaired) electrons. The molecule has 1 amide bonds. The quantitative estimate of drug-likeness (QED) is 0.792. The van der Waals surface area contributed by atoms with Crippen LogP contribution in [0.5, 0.6) is 11.5 Å². The van der Waals surface area contributed by atoms with Gasteiger partial charge in [0.15, 0.2) is 18.1 Å². The zero-order chi connectivity index (χ0) is 18.2. The molecule has 0 unspecified atom stereocenters. The van der Waals surface area contributed by atoms with Crippen molar-refractivity contribution in [3.05, 3.63) is 59.7 Å². The van der Waals surface area contributed by atoms with Gasteiger partial charge in [-0.2, -0.15) is 0 Å². The van der Waals surface area contributed by atoms with Crippen LogP contribution in [0.2, 0.25) is 0 Å². The highest BCUT2D eigenvalue weighted by atomic mass is 16.5. The molecular formula is C21H26N2O3. The highest BCUT2D eigenvalue weighted by Gasteiger charge is 2.12. The number of hydrogen-bond acceptors (Lipinski definition) is 4. The van der Waals surface area contributed by atoms with E-state index in [-0.39, 0.29) is 12.5 Å². The Hall–Kier alpha value is -2.53. The summed E-state index contributed by atoms with van der Waals surface area (Å²) in [5, 5.41) is 2.91. The normalized spacial score (nSPS) is 14.2. The summed E-state index contributed by atoms with van der Waals surface area (Å²) in [4.78, 5) is 14.5. The number of methoxy groups -OCH3 is 1. The van der Waals surface area contributed by atoms with Crippen molar-refractivity contribution < 1.29 is 14.3 Å². The molecule has 26 heavy (non-hydrogen) atoms. The Morgan fingerprint density at radius 1 is 1.04 bits per heavy atom. The van der Waals surface area contributed by atoms with Crippen LogP contribution in [0, 0.1) is 0 Å². The molecule has 2 aromatic carbocycles. The van der Waals surface area contributed by atoms with Crippen LogP contribution < -0.4 is 14.8 Å². The van der Waals surface area contributed by atoms with Gasteiger partial charge < -0.3 is 14.8 Å². The number of carbonyl (C=O) groups excluding carboxylic acids is 1. The van der Waals surface area contributed by atoms with E-state index in [0.29, 0.717) is 18.0 Å². The van der Waals surface area contributed by atoms with Crippen molar-refractivity contribution in [2.75, 3.05) is 26.8 Å².